The lowest BCUT2D eigenvalue weighted by Gasteiger charge is -2.09. The Morgan fingerprint density at radius 2 is 2.19 bits per heavy atom. The van der Waals surface area contributed by atoms with Crippen LogP contribution >= 0.6 is 11.8 Å². The minimum atomic E-state index is -0.440. The number of hydrogen-bond donors (Lipinski definition) is 1. The van der Waals surface area contributed by atoms with E-state index < -0.39 is 4.92 Å². The van der Waals surface area contributed by atoms with Gasteiger partial charge in [-0.25, -0.2) is 0 Å². The molecule has 0 saturated carbocycles. The highest BCUT2D eigenvalue weighted by Crippen LogP contribution is 2.28. The fourth-order valence-electron chi connectivity index (χ4n) is 1.12. The van der Waals surface area contributed by atoms with Crippen LogP contribution < -0.4 is 5.73 Å². The van der Waals surface area contributed by atoms with Crippen molar-refractivity contribution in [2.45, 2.75) is 4.90 Å². The maximum absolute atomic E-state index is 10.5. The molecule has 0 aliphatic carbocycles. The first-order valence-corrected chi connectivity index (χ1v) is 5.80. The molecule has 0 radical (unpaired) electrons. The summed E-state index contributed by atoms with van der Waals surface area (Å²) in [5.41, 5.74) is 6.24. The summed E-state index contributed by atoms with van der Waals surface area (Å²) in [6.45, 7) is 0.946. The van der Waals surface area contributed by atoms with E-state index in [-0.39, 0.29) is 5.69 Å². The van der Waals surface area contributed by atoms with Gasteiger partial charge < -0.3 is 10.6 Å². The number of non-ortho nitro benzene ring substituents is 1. The topological polar surface area (TPSA) is 72.4 Å². The van der Waals surface area contributed by atoms with Gasteiger partial charge in [-0.2, -0.15) is 0 Å². The minimum Gasteiger partial charge on any atom is -0.398 e. The van der Waals surface area contributed by atoms with Crippen LogP contribution in [0.4, 0.5) is 11.4 Å². The normalized spacial score (nSPS) is 10.7. The minimum absolute atomic E-state index is 0.0365. The Morgan fingerprint density at radius 3 is 2.69 bits per heavy atom. The van der Waals surface area contributed by atoms with Crippen molar-refractivity contribution < 1.29 is 4.92 Å². The molecule has 0 atom stereocenters. The molecule has 0 unspecified atom stereocenters. The van der Waals surface area contributed by atoms with Crippen LogP contribution in [0.25, 0.3) is 0 Å². The van der Waals surface area contributed by atoms with Crippen molar-refractivity contribution in [3.63, 3.8) is 0 Å². The van der Waals surface area contributed by atoms with Crippen molar-refractivity contribution in [2.75, 3.05) is 32.1 Å². The van der Waals surface area contributed by atoms with Gasteiger partial charge in [0.05, 0.1) is 10.6 Å². The maximum atomic E-state index is 10.5. The van der Waals surface area contributed by atoms with Crippen LogP contribution in [0.1, 0.15) is 0 Å². The molecular weight excluding hydrogens is 226 g/mol. The van der Waals surface area contributed by atoms with Gasteiger partial charge in [-0.05, 0) is 20.2 Å². The predicted molar refractivity (Wildman–Crippen MR) is 66.8 cm³/mol. The number of rotatable bonds is 5. The quantitative estimate of drug-likeness (QED) is 0.368. The van der Waals surface area contributed by atoms with Gasteiger partial charge in [-0.1, -0.05) is 0 Å². The van der Waals surface area contributed by atoms with Crippen molar-refractivity contribution >= 4 is 23.1 Å². The first-order chi connectivity index (χ1) is 7.50. The van der Waals surface area contributed by atoms with Crippen LogP contribution in [-0.4, -0.2) is 36.2 Å². The van der Waals surface area contributed by atoms with E-state index in [4.69, 9.17) is 5.73 Å². The van der Waals surface area contributed by atoms with E-state index in [0.717, 1.165) is 17.2 Å². The summed E-state index contributed by atoms with van der Waals surface area (Å²) in [6, 6.07) is 4.58. The standard InChI is InChI=1S/C10H15N3O2S/c1-12(2)5-6-16-10-4-3-8(13(14)15)7-9(10)11/h3-4,7H,5-6,11H2,1-2H3. The van der Waals surface area contributed by atoms with Crippen molar-refractivity contribution in [3.8, 4) is 0 Å². The Labute approximate surface area is 98.8 Å². The zero-order valence-corrected chi connectivity index (χ0v) is 10.2. The van der Waals surface area contributed by atoms with Crippen LogP contribution in [-0.2, 0) is 0 Å². The molecule has 2 N–H and O–H groups in total. The smallest absolute Gasteiger partial charge is 0.271 e. The highest BCUT2D eigenvalue weighted by atomic mass is 32.2. The van der Waals surface area contributed by atoms with E-state index in [2.05, 4.69) is 4.90 Å². The molecule has 1 rings (SSSR count). The number of nitrogens with zero attached hydrogens (tertiary/aromatic N) is 2. The first-order valence-electron chi connectivity index (χ1n) is 4.82. The number of nitrogen functional groups attached to an aromatic ring is 1. The van der Waals surface area contributed by atoms with Gasteiger partial charge in [0, 0.05) is 29.3 Å². The monoisotopic (exact) mass is 241 g/mol. The van der Waals surface area contributed by atoms with Crippen LogP contribution in [0.2, 0.25) is 0 Å². The summed E-state index contributed by atoms with van der Waals surface area (Å²) >= 11 is 1.61. The van der Waals surface area contributed by atoms with Gasteiger partial charge in [0.25, 0.3) is 5.69 Å². The van der Waals surface area contributed by atoms with Crippen LogP contribution in [0, 0.1) is 10.1 Å². The van der Waals surface area contributed by atoms with Crippen molar-refractivity contribution in [2.24, 2.45) is 0 Å². The average Bonchev–Trinajstić information content (AvgIpc) is 2.19. The van der Waals surface area contributed by atoms with Crippen molar-refractivity contribution in [1.82, 2.24) is 4.90 Å². The lowest BCUT2D eigenvalue weighted by atomic mass is 10.3. The Bertz CT molecular complexity index is 382. The van der Waals surface area contributed by atoms with Crippen molar-refractivity contribution in [3.05, 3.63) is 28.3 Å². The third-order valence-corrected chi connectivity index (χ3v) is 3.07. The third-order valence-electron chi connectivity index (χ3n) is 2.00. The van der Waals surface area contributed by atoms with E-state index in [1.54, 1.807) is 17.8 Å². The molecule has 88 valence electrons. The Balaban J connectivity index is 2.64. The highest BCUT2D eigenvalue weighted by Gasteiger charge is 2.08. The van der Waals surface area contributed by atoms with Gasteiger partial charge >= 0.3 is 0 Å². The molecule has 0 saturated heterocycles. The Hall–Kier alpha value is -1.27. The summed E-state index contributed by atoms with van der Waals surface area (Å²) < 4.78 is 0. The Kier molecular flexibility index (Phi) is 4.57. The lowest BCUT2D eigenvalue weighted by molar-refractivity contribution is -0.384. The average molecular weight is 241 g/mol. The maximum Gasteiger partial charge on any atom is 0.271 e. The Morgan fingerprint density at radius 1 is 1.50 bits per heavy atom. The number of hydrogen-bond acceptors (Lipinski definition) is 5. The summed E-state index contributed by atoms with van der Waals surface area (Å²) in [4.78, 5) is 13.0. The molecule has 5 nitrogen and oxygen atoms in total. The molecule has 6 heteroatoms. The first kappa shape index (κ1) is 12.8. The fraction of sp³-hybridized carbons (Fsp3) is 0.400. The molecule has 0 bridgehead atoms. The second-order valence-electron chi connectivity index (χ2n) is 3.63. The summed E-state index contributed by atoms with van der Waals surface area (Å²) in [5, 5.41) is 10.5. The molecule has 1 aromatic carbocycles. The summed E-state index contributed by atoms with van der Waals surface area (Å²) in [5.74, 6) is 0.912. The number of nitrogens with two attached hydrogens (primary N) is 1. The van der Waals surface area contributed by atoms with E-state index in [9.17, 15) is 10.1 Å². The van der Waals surface area contributed by atoms with Gasteiger partial charge in [-0.15, -0.1) is 11.8 Å². The number of anilines is 1. The zero-order valence-electron chi connectivity index (χ0n) is 9.34. The van der Waals surface area contributed by atoms with E-state index in [0.29, 0.717) is 5.69 Å². The molecule has 0 aliphatic heterocycles. The molecule has 0 aliphatic rings. The largest absolute Gasteiger partial charge is 0.398 e. The van der Waals surface area contributed by atoms with Gasteiger partial charge in [0.1, 0.15) is 0 Å². The fourth-order valence-corrected chi connectivity index (χ4v) is 2.19. The van der Waals surface area contributed by atoms with E-state index in [1.165, 1.54) is 12.1 Å². The lowest BCUT2D eigenvalue weighted by Crippen LogP contribution is -2.14. The number of benzene rings is 1. The van der Waals surface area contributed by atoms with E-state index >= 15 is 0 Å². The number of nitro groups is 1. The number of thioether (sulfide) groups is 1. The number of nitro benzene ring substituents is 1. The summed E-state index contributed by atoms with van der Waals surface area (Å²) in [6.07, 6.45) is 0. The molecule has 16 heavy (non-hydrogen) atoms. The van der Waals surface area contributed by atoms with Gasteiger partial charge in [0.15, 0.2) is 0 Å². The highest BCUT2D eigenvalue weighted by molar-refractivity contribution is 7.99. The van der Waals surface area contributed by atoms with Gasteiger partial charge in [-0.3, -0.25) is 10.1 Å². The zero-order chi connectivity index (χ0) is 12.1. The second-order valence-corrected chi connectivity index (χ2v) is 4.77. The van der Waals surface area contributed by atoms with Crippen LogP contribution in [0.5, 0.6) is 0 Å². The molecule has 0 fully saturated rings. The summed E-state index contributed by atoms with van der Waals surface area (Å²) in [7, 11) is 4.00. The molecule has 0 amide bonds. The van der Waals surface area contributed by atoms with Crippen LogP contribution in [0.3, 0.4) is 0 Å². The third kappa shape index (κ3) is 3.71. The van der Waals surface area contributed by atoms with Crippen molar-refractivity contribution in [1.29, 1.82) is 0 Å². The second kappa shape index (κ2) is 5.72. The SMILES string of the molecule is CN(C)CCSc1ccc([N+](=O)[O-])cc1N. The molecule has 0 aromatic heterocycles. The predicted octanol–water partition coefficient (Wildman–Crippen LogP) is 1.83. The van der Waals surface area contributed by atoms with Crippen LogP contribution in [0.15, 0.2) is 23.1 Å². The van der Waals surface area contributed by atoms with E-state index in [1.807, 2.05) is 14.1 Å². The molecule has 1 aromatic rings. The molecule has 0 spiro atoms. The molecular formula is C10H15N3O2S. The molecule has 0 heterocycles. The van der Waals surface area contributed by atoms with Gasteiger partial charge in [0.2, 0.25) is 0 Å².